The minimum absolute atomic E-state index is 0.0498. The largest absolute Gasteiger partial charge is 0.351 e. The maximum atomic E-state index is 12.0. The smallest absolute Gasteiger partial charge is 0.232 e. The molecule has 1 unspecified atom stereocenters. The van der Waals surface area contributed by atoms with Gasteiger partial charge in [0.2, 0.25) is 5.91 Å². The maximum Gasteiger partial charge on any atom is 0.232 e. The summed E-state index contributed by atoms with van der Waals surface area (Å²) in [6, 6.07) is 14.6. The lowest BCUT2D eigenvalue weighted by Gasteiger charge is -2.07. The fourth-order valence-corrected chi connectivity index (χ4v) is 3.51. The molecule has 0 fully saturated rings. The molecular formula is C16H15Cl2NO2S. The molecular weight excluding hydrogens is 341 g/mol. The molecule has 0 aliphatic rings. The summed E-state index contributed by atoms with van der Waals surface area (Å²) in [4.78, 5) is 11.8. The van der Waals surface area contributed by atoms with E-state index in [-0.39, 0.29) is 17.4 Å². The molecule has 0 saturated heterocycles. The highest BCUT2D eigenvalue weighted by atomic mass is 35.5. The molecule has 1 atom stereocenters. The highest BCUT2D eigenvalue weighted by Crippen LogP contribution is 2.22. The van der Waals surface area contributed by atoms with Gasteiger partial charge in [-0.25, -0.2) is 0 Å². The third-order valence-electron chi connectivity index (χ3n) is 2.96. The molecule has 0 bridgehead atoms. The first kappa shape index (κ1) is 17.0. The molecule has 0 aromatic heterocycles. The zero-order valence-corrected chi connectivity index (χ0v) is 14.0. The molecule has 6 heteroatoms. The third-order valence-corrected chi connectivity index (χ3v) is 4.76. The Balaban J connectivity index is 1.82. The average molecular weight is 356 g/mol. The monoisotopic (exact) mass is 355 g/mol. The van der Waals surface area contributed by atoms with Gasteiger partial charge in [0.15, 0.2) is 0 Å². The first-order chi connectivity index (χ1) is 10.5. The Morgan fingerprint density at radius 1 is 1.09 bits per heavy atom. The van der Waals surface area contributed by atoms with Crippen LogP contribution in [0.3, 0.4) is 0 Å². The fraction of sp³-hybridized carbons (Fsp3) is 0.188. The summed E-state index contributed by atoms with van der Waals surface area (Å²) in [5.41, 5.74) is 1.72. The van der Waals surface area contributed by atoms with Crippen molar-refractivity contribution in [3.05, 3.63) is 69.7 Å². The van der Waals surface area contributed by atoms with Crippen molar-refractivity contribution in [1.82, 2.24) is 5.32 Å². The van der Waals surface area contributed by atoms with Gasteiger partial charge in [0, 0.05) is 27.4 Å². The number of nitrogens with one attached hydrogen (secondary N) is 1. The summed E-state index contributed by atoms with van der Waals surface area (Å²) in [5.74, 6) is -0.0622. The van der Waals surface area contributed by atoms with E-state index in [0.29, 0.717) is 16.6 Å². The van der Waals surface area contributed by atoms with Crippen LogP contribution in [0.2, 0.25) is 10.0 Å². The van der Waals surface area contributed by atoms with Crippen molar-refractivity contribution < 1.29 is 9.00 Å². The normalized spacial score (nSPS) is 11.9. The predicted molar refractivity (Wildman–Crippen MR) is 91.5 cm³/mol. The molecule has 0 radical (unpaired) electrons. The van der Waals surface area contributed by atoms with Gasteiger partial charge in [0.05, 0.1) is 5.75 Å². The van der Waals surface area contributed by atoms with Gasteiger partial charge >= 0.3 is 0 Å². The molecule has 0 saturated carbocycles. The van der Waals surface area contributed by atoms with Gasteiger partial charge in [0.25, 0.3) is 0 Å². The molecule has 0 spiro atoms. The lowest BCUT2D eigenvalue weighted by molar-refractivity contribution is -0.118. The van der Waals surface area contributed by atoms with Gasteiger partial charge in [-0.3, -0.25) is 9.00 Å². The van der Waals surface area contributed by atoms with Crippen LogP contribution in [0.5, 0.6) is 0 Å². The second-order valence-electron chi connectivity index (χ2n) is 4.73. The molecule has 2 aromatic rings. The lowest BCUT2D eigenvalue weighted by atomic mass is 10.2. The second kappa shape index (κ2) is 8.32. The van der Waals surface area contributed by atoms with Crippen LogP contribution in [0.4, 0.5) is 0 Å². The van der Waals surface area contributed by atoms with Crippen LogP contribution in [0.15, 0.2) is 48.5 Å². The topological polar surface area (TPSA) is 46.2 Å². The molecule has 3 nitrogen and oxygen atoms in total. The van der Waals surface area contributed by atoms with E-state index in [0.717, 1.165) is 11.1 Å². The van der Waals surface area contributed by atoms with E-state index < -0.39 is 10.8 Å². The van der Waals surface area contributed by atoms with Crippen molar-refractivity contribution in [3.8, 4) is 0 Å². The number of amides is 1. The van der Waals surface area contributed by atoms with E-state index in [9.17, 15) is 9.00 Å². The molecule has 1 N–H and O–H groups in total. The van der Waals surface area contributed by atoms with Gasteiger partial charge in [-0.2, -0.15) is 0 Å². The Bertz CT molecular complexity index is 677. The molecule has 1 amide bonds. The molecule has 0 aliphatic carbocycles. The summed E-state index contributed by atoms with van der Waals surface area (Å²) >= 11 is 11.8. The summed E-state index contributed by atoms with van der Waals surface area (Å²) in [6.45, 7) is 0.429. The Morgan fingerprint density at radius 3 is 2.50 bits per heavy atom. The average Bonchev–Trinajstić information content (AvgIpc) is 2.49. The molecule has 0 heterocycles. The molecule has 2 rings (SSSR count). The van der Waals surface area contributed by atoms with Crippen molar-refractivity contribution in [2.45, 2.75) is 12.3 Å². The Hall–Kier alpha value is -1.36. The van der Waals surface area contributed by atoms with E-state index in [1.165, 1.54) is 0 Å². The quantitative estimate of drug-likeness (QED) is 0.860. The Labute approximate surface area is 142 Å². The van der Waals surface area contributed by atoms with Crippen LogP contribution in [0.25, 0.3) is 0 Å². The van der Waals surface area contributed by atoms with E-state index >= 15 is 0 Å². The van der Waals surface area contributed by atoms with Crippen molar-refractivity contribution >= 4 is 39.9 Å². The van der Waals surface area contributed by atoms with Gasteiger partial charge in [0.1, 0.15) is 5.75 Å². The number of carbonyl (C=O) groups excluding carboxylic acids is 1. The minimum atomic E-state index is -1.32. The molecule has 0 aliphatic heterocycles. The SMILES string of the molecule is O=C(CS(=O)Cc1ccc(Cl)cc1Cl)NCc1ccccc1. The first-order valence-corrected chi connectivity index (χ1v) is 8.88. The van der Waals surface area contributed by atoms with Gasteiger partial charge in [-0.05, 0) is 23.3 Å². The van der Waals surface area contributed by atoms with Crippen LogP contribution in [0, 0.1) is 0 Å². The standard InChI is InChI=1S/C16H15Cl2NO2S/c17-14-7-6-13(15(18)8-14)10-22(21)11-16(20)19-9-12-4-2-1-3-5-12/h1-8H,9-11H2,(H,19,20). The summed E-state index contributed by atoms with van der Waals surface area (Å²) in [7, 11) is -1.32. The summed E-state index contributed by atoms with van der Waals surface area (Å²) in [6.07, 6.45) is 0. The van der Waals surface area contributed by atoms with Gasteiger partial charge in [-0.15, -0.1) is 0 Å². The van der Waals surface area contributed by atoms with Crippen molar-refractivity contribution in [2.75, 3.05) is 5.75 Å². The number of carbonyl (C=O) groups is 1. The lowest BCUT2D eigenvalue weighted by Crippen LogP contribution is -2.28. The van der Waals surface area contributed by atoms with Crippen LogP contribution in [0.1, 0.15) is 11.1 Å². The Kier molecular flexibility index (Phi) is 6.43. The van der Waals surface area contributed by atoms with Crippen LogP contribution in [-0.2, 0) is 27.9 Å². The zero-order chi connectivity index (χ0) is 15.9. The Morgan fingerprint density at radius 2 is 1.82 bits per heavy atom. The third kappa shape index (κ3) is 5.44. The number of rotatable bonds is 6. The van der Waals surface area contributed by atoms with Crippen LogP contribution < -0.4 is 5.32 Å². The molecule has 2 aromatic carbocycles. The predicted octanol–water partition coefficient (Wildman–Crippen LogP) is 3.56. The maximum absolute atomic E-state index is 12.0. The van der Waals surface area contributed by atoms with E-state index in [2.05, 4.69) is 5.32 Å². The highest BCUT2D eigenvalue weighted by molar-refractivity contribution is 7.84. The van der Waals surface area contributed by atoms with Crippen molar-refractivity contribution in [1.29, 1.82) is 0 Å². The first-order valence-electron chi connectivity index (χ1n) is 6.64. The second-order valence-corrected chi connectivity index (χ2v) is 7.03. The van der Waals surface area contributed by atoms with E-state index in [1.54, 1.807) is 18.2 Å². The number of hydrogen-bond donors (Lipinski definition) is 1. The highest BCUT2D eigenvalue weighted by Gasteiger charge is 2.11. The van der Waals surface area contributed by atoms with E-state index in [4.69, 9.17) is 23.2 Å². The van der Waals surface area contributed by atoms with Crippen molar-refractivity contribution in [2.24, 2.45) is 0 Å². The number of halogens is 2. The summed E-state index contributed by atoms with van der Waals surface area (Å²) in [5, 5.41) is 3.74. The minimum Gasteiger partial charge on any atom is -0.351 e. The summed E-state index contributed by atoms with van der Waals surface area (Å²) < 4.78 is 12.0. The molecule has 22 heavy (non-hydrogen) atoms. The van der Waals surface area contributed by atoms with Crippen LogP contribution >= 0.6 is 23.2 Å². The molecule has 116 valence electrons. The van der Waals surface area contributed by atoms with Gasteiger partial charge in [-0.1, -0.05) is 59.6 Å². The van der Waals surface area contributed by atoms with Crippen molar-refractivity contribution in [3.63, 3.8) is 0 Å². The van der Waals surface area contributed by atoms with E-state index in [1.807, 2.05) is 30.3 Å². The number of benzene rings is 2. The number of hydrogen-bond acceptors (Lipinski definition) is 2. The zero-order valence-electron chi connectivity index (χ0n) is 11.7. The van der Waals surface area contributed by atoms with Gasteiger partial charge < -0.3 is 5.32 Å². The van der Waals surface area contributed by atoms with Crippen LogP contribution in [-0.4, -0.2) is 15.9 Å². The fourth-order valence-electron chi connectivity index (χ4n) is 1.86.